The van der Waals surface area contributed by atoms with E-state index in [-0.39, 0.29) is 5.91 Å². The molecule has 2 rings (SSSR count). The Kier molecular flexibility index (Phi) is 13.4. The SMILES string of the molecule is CC.CC.CCCNC(=O)CSc1nc2ccc(OCC)cc2s1. The van der Waals surface area contributed by atoms with Crippen molar-refractivity contribution in [2.75, 3.05) is 18.9 Å². The summed E-state index contributed by atoms with van der Waals surface area (Å²) >= 11 is 3.07. The molecule has 0 aliphatic rings. The lowest BCUT2D eigenvalue weighted by atomic mass is 10.3. The van der Waals surface area contributed by atoms with Crippen LogP contribution in [0, 0.1) is 0 Å². The lowest BCUT2D eigenvalue weighted by Gasteiger charge is -2.00. The standard InChI is InChI=1S/C14H18N2O2S2.2C2H6/c1-3-7-15-13(17)9-19-14-16-11-6-5-10(18-4-2)8-12(11)20-14;2*1-2/h5-6,8H,3-4,7,9H2,1-2H3,(H,15,17);2*1-2H3. The normalized spacial score (nSPS) is 9.42. The van der Waals surface area contributed by atoms with Gasteiger partial charge in [0.25, 0.3) is 0 Å². The van der Waals surface area contributed by atoms with E-state index >= 15 is 0 Å². The molecule has 0 bridgehead atoms. The van der Waals surface area contributed by atoms with Gasteiger partial charge in [0.05, 0.1) is 22.6 Å². The largest absolute Gasteiger partial charge is 0.494 e. The fourth-order valence-electron chi connectivity index (χ4n) is 1.64. The smallest absolute Gasteiger partial charge is 0.230 e. The van der Waals surface area contributed by atoms with Gasteiger partial charge in [-0.3, -0.25) is 4.79 Å². The summed E-state index contributed by atoms with van der Waals surface area (Å²) < 4.78 is 7.48. The first kappa shape index (κ1) is 22.7. The van der Waals surface area contributed by atoms with E-state index in [4.69, 9.17) is 4.74 Å². The maximum Gasteiger partial charge on any atom is 0.230 e. The van der Waals surface area contributed by atoms with E-state index in [9.17, 15) is 4.79 Å². The van der Waals surface area contributed by atoms with Crippen molar-refractivity contribution in [1.82, 2.24) is 10.3 Å². The molecule has 0 atom stereocenters. The predicted molar refractivity (Wildman–Crippen MR) is 108 cm³/mol. The molecule has 1 amide bonds. The van der Waals surface area contributed by atoms with Crippen LogP contribution in [-0.4, -0.2) is 29.8 Å². The summed E-state index contributed by atoms with van der Waals surface area (Å²) in [5, 5.41) is 2.86. The summed E-state index contributed by atoms with van der Waals surface area (Å²) in [6, 6.07) is 5.88. The average Bonchev–Trinajstić information content (AvgIpc) is 3.04. The van der Waals surface area contributed by atoms with E-state index in [1.165, 1.54) is 11.8 Å². The van der Waals surface area contributed by atoms with Crippen LogP contribution in [0.5, 0.6) is 5.75 Å². The molecule has 0 saturated heterocycles. The van der Waals surface area contributed by atoms with Crippen LogP contribution >= 0.6 is 23.1 Å². The molecule has 6 heteroatoms. The molecular weight excluding hydrogens is 340 g/mol. The molecule has 1 heterocycles. The first-order valence-electron chi connectivity index (χ1n) is 8.65. The Morgan fingerprint density at radius 3 is 2.58 bits per heavy atom. The third kappa shape index (κ3) is 8.02. The van der Waals surface area contributed by atoms with E-state index < -0.39 is 0 Å². The molecule has 0 aliphatic heterocycles. The van der Waals surface area contributed by atoms with Gasteiger partial charge in [0.2, 0.25) is 5.91 Å². The molecule has 0 radical (unpaired) electrons. The van der Waals surface area contributed by atoms with Crippen LogP contribution in [0.3, 0.4) is 0 Å². The van der Waals surface area contributed by atoms with Crippen LogP contribution in [-0.2, 0) is 4.79 Å². The van der Waals surface area contributed by atoms with Crippen LogP contribution in [0.4, 0.5) is 0 Å². The number of thiazole rings is 1. The Hall–Kier alpha value is -1.27. The number of thioether (sulfide) groups is 1. The molecule has 0 fully saturated rings. The Labute approximate surface area is 154 Å². The molecule has 0 spiro atoms. The number of aromatic nitrogens is 1. The number of fused-ring (bicyclic) bond motifs is 1. The second-order valence-electron chi connectivity index (χ2n) is 4.18. The van der Waals surface area contributed by atoms with Crippen molar-refractivity contribution in [3.05, 3.63) is 18.2 Å². The summed E-state index contributed by atoms with van der Waals surface area (Å²) in [5.74, 6) is 1.34. The van der Waals surface area contributed by atoms with E-state index in [1.807, 2.05) is 59.7 Å². The first-order chi connectivity index (χ1) is 11.7. The average molecular weight is 371 g/mol. The summed E-state index contributed by atoms with van der Waals surface area (Å²) in [6.45, 7) is 13.4. The Morgan fingerprint density at radius 1 is 1.25 bits per heavy atom. The number of hydrogen-bond donors (Lipinski definition) is 1. The van der Waals surface area contributed by atoms with Crippen molar-refractivity contribution >= 4 is 39.2 Å². The quantitative estimate of drug-likeness (QED) is 0.666. The van der Waals surface area contributed by atoms with Gasteiger partial charge in [-0.1, -0.05) is 46.4 Å². The van der Waals surface area contributed by atoms with E-state index in [2.05, 4.69) is 10.3 Å². The van der Waals surface area contributed by atoms with Crippen molar-refractivity contribution in [3.8, 4) is 5.75 Å². The number of carbonyl (C=O) groups is 1. The number of rotatable bonds is 7. The molecule has 24 heavy (non-hydrogen) atoms. The summed E-state index contributed by atoms with van der Waals surface area (Å²) in [4.78, 5) is 16.1. The van der Waals surface area contributed by atoms with Gasteiger partial charge < -0.3 is 10.1 Å². The van der Waals surface area contributed by atoms with Crippen LogP contribution in [0.25, 0.3) is 10.2 Å². The first-order valence-corrected chi connectivity index (χ1v) is 10.5. The van der Waals surface area contributed by atoms with Crippen molar-refractivity contribution < 1.29 is 9.53 Å². The molecule has 0 saturated carbocycles. The zero-order chi connectivity index (χ0) is 18.4. The Morgan fingerprint density at radius 2 is 1.96 bits per heavy atom. The van der Waals surface area contributed by atoms with Gasteiger partial charge in [-0.15, -0.1) is 11.3 Å². The van der Waals surface area contributed by atoms with Crippen LogP contribution in [0.2, 0.25) is 0 Å². The molecular formula is C18H30N2O2S2. The molecule has 4 nitrogen and oxygen atoms in total. The van der Waals surface area contributed by atoms with Gasteiger partial charge in [0, 0.05) is 6.54 Å². The Balaban J connectivity index is 0.00000123. The highest BCUT2D eigenvalue weighted by atomic mass is 32.2. The monoisotopic (exact) mass is 370 g/mol. The minimum absolute atomic E-state index is 0.0612. The van der Waals surface area contributed by atoms with E-state index in [0.29, 0.717) is 12.4 Å². The summed E-state index contributed by atoms with van der Waals surface area (Å²) in [5.41, 5.74) is 0.954. The number of amides is 1. The molecule has 2 aromatic rings. The van der Waals surface area contributed by atoms with Gasteiger partial charge in [-0.05, 0) is 31.5 Å². The molecule has 0 unspecified atom stereocenters. The third-order valence-electron chi connectivity index (χ3n) is 2.55. The molecule has 1 aromatic heterocycles. The van der Waals surface area contributed by atoms with Gasteiger partial charge in [0.15, 0.2) is 4.34 Å². The summed E-state index contributed by atoms with van der Waals surface area (Å²) in [6.07, 6.45) is 0.956. The molecule has 136 valence electrons. The maximum absolute atomic E-state index is 11.6. The van der Waals surface area contributed by atoms with Crippen LogP contribution in [0.1, 0.15) is 48.0 Å². The van der Waals surface area contributed by atoms with Crippen molar-refractivity contribution in [2.45, 2.75) is 52.3 Å². The predicted octanol–water partition coefficient (Wildman–Crippen LogP) is 5.37. The lowest BCUT2D eigenvalue weighted by Crippen LogP contribution is -2.25. The van der Waals surface area contributed by atoms with Gasteiger partial charge in [-0.2, -0.15) is 0 Å². The number of nitrogens with zero attached hydrogens (tertiary/aromatic N) is 1. The van der Waals surface area contributed by atoms with Crippen molar-refractivity contribution in [1.29, 1.82) is 0 Å². The van der Waals surface area contributed by atoms with Crippen LogP contribution < -0.4 is 10.1 Å². The lowest BCUT2D eigenvalue weighted by molar-refractivity contribution is -0.118. The number of benzene rings is 1. The second-order valence-corrected chi connectivity index (χ2v) is 6.43. The van der Waals surface area contributed by atoms with Gasteiger partial charge in [0.1, 0.15) is 5.75 Å². The van der Waals surface area contributed by atoms with E-state index in [1.54, 1.807) is 11.3 Å². The van der Waals surface area contributed by atoms with Crippen molar-refractivity contribution in [2.24, 2.45) is 0 Å². The van der Waals surface area contributed by atoms with E-state index in [0.717, 1.165) is 33.3 Å². The summed E-state index contributed by atoms with van der Waals surface area (Å²) in [7, 11) is 0. The fourth-order valence-corrected chi connectivity index (χ4v) is 3.57. The minimum atomic E-state index is 0.0612. The minimum Gasteiger partial charge on any atom is -0.494 e. The topological polar surface area (TPSA) is 51.2 Å². The zero-order valence-electron chi connectivity index (χ0n) is 15.6. The fraction of sp³-hybridized carbons (Fsp3) is 0.556. The highest BCUT2D eigenvalue weighted by Gasteiger charge is 2.08. The second kappa shape index (κ2) is 14.1. The molecule has 1 N–H and O–H groups in total. The van der Waals surface area contributed by atoms with Gasteiger partial charge >= 0.3 is 0 Å². The molecule has 0 aliphatic carbocycles. The number of nitrogens with one attached hydrogen (secondary N) is 1. The highest BCUT2D eigenvalue weighted by molar-refractivity contribution is 8.01. The maximum atomic E-state index is 11.6. The van der Waals surface area contributed by atoms with Crippen LogP contribution in [0.15, 0.2) is 22.5 Å². The number of ether oxygens (including phenoxy) is 1. The number of carbonyl (C=O) groups excluding carboxylic acids is 1. The van der Waals surface area contributed by atoms with Gasteiger partial charge in [-0.25, -0.2) is 4.98 Å². The molecule has 1 aromatic carbocycles. The highest BCUT2D eigenvalue weighted by Crippen LogP contribution is 2.31. The number of hydrogen-bond acceptors (Lipinski definition) is 5. The Bertz CT molecular complexity index is 585. The van der Waals surface area contributed by atoms with Crippen molar-refractivity contribution in [3.63, 3.8) is 0 Å². The zero-order valence-corrected chi connectivity index (χ0v) is 17.3. The third-order valence-corrected chi connectivity index (χ3v) is 4.71.